The summed E-state index contributed by atoms with van der Waals surface area (Å²) in [5.74, 6) is -12.5. The van der Waals surface area contributed by atoms with Crippen molar-refractivity contribution < 1.29 is 78.0 Å². The normalized spacial score (nSPS) is 13.1. The van der Waals surface area contributed by atoms with Crippen LogP contribution >= 0.6 is 0 Å². The van der Waals surface area contributed by atoms with Crippen molar-refractivity contribution >= 4 is 82.1 Å². The molecule has 3 rings (SSSR count). The van der Waals surface area contributed by atoms with Gasteiger partial charge < -0.3 is 85.1 Å². The first-order chi connectivity index (χ1) is 32.1. The molecule has 368 valence electrons. The molecule has 1 aliphatic rings. The smallest absolute Gasteiger partial charge is 0.305 e. The number of phenols is 2. The van der Waals surface area contributed by atoms with E-state index < -0.39 is 157 Å². The molecular weight excluding hydrogens is 905 g/mol. The summed E-state index contributed by atoms with van der Waals surface area (Å²) in [5, 5.41) is 63.8. The molecule has 0 radical (unpaired) electrons. The summed E-state index contributed by atoms with van der Waals surface area (Å²) in [7, 11) is 0. The number of rotatable bonds is 26. The molecule has 0 bridgehead atoms. The summed E-state index contributed by atoms with van der Waals surface area (Å²) >= 11 is 0. The van der Waals surface area contributed by atoms with Gasteiger partial charge in [0.25, 0.3) is 0 Å². The molecule has 0 spiro atoms. The summed E-state index contributed by atoms with van der Waals surface area (Å²) in [6.07, 6.45) is -1.71. The minimum atomic E-state index is -1.62. The van der Waals surface area contributed by atoms with Crippen molar-refractivity contribution in [2.24, 2.45) is 11.5 Å². The molecule has 68 heavy (non-hydrogen) atoms. The molecule has 0 aliphatic heterocycles. The van der Waals surface area contributed by atoms with Crippen LogP contribution in [0.25, 0.3) is 0 Å². The van der Waals surface area contributed by atoms with Crippen LogP contribution in [-0.2, 0) is 47.9 Å². The van der Waals surface area contributed by atoms with Crippen LogP contribution in [0.5, 0.6) is 11.5 Å². The summed E-state index contributed by atoms with van der Waals surface area (Å²) in [6, 6.07) is -0.919. The number of hydrogen-bond donors (Lipinski definition) is 16. The number of aliphatic carboxylic acids is 2. The second-order valence-corrected chi connectivity index (χ2v) is 14.7. The van der Waals surface area contributed by atoms with Crippen LogP contribution in [0.3, 0.4) is 0 Å². The van der Waals surface area contributed by atoms with Gasteiger partial charge in [-0.2, -0.15) is 0 Å². The second kappa shape index (κ2) is 25.3. The molecule has 8 amide bonds. The van der Waals surface area contributed by atoms with Crippen LogP contribution in [0.15, 0.2) is 24.3 Å². The number of nitrogens with two attached hydrogens (primary N) is 2. The highest BCUT2D eigenvalue weighted by atomic mass is 16.4. The molecule has 0 aromatic heterocycles. The number of carboxylic acids is 2. The maximum Gasteiger partial charge on any atom is 0.305 e. The summed E-state index contributed by atoms with van der Waals surface area (Å²) in [6.45, 7) is 0.00552. The lowest BCUT2D eigenvalue weighted by molar-refractivity contribution is -0.141. The first-order valence-electron chi connectivity index (χ1n) is 20.5. The monoisotopic (exact) mass is 956 g/mol. The van der Waals surface area contributed by atoms with Gasteiger partial charge in [0.1, 0.15) is 35.7 Å². The predicted octanol–water partition coefficient (Wildman–Crippen LogP) is -5.99. The van der Waals surface area contributed by atoms with Crippen molar-refractivity contribution in [2.45, 2.75) is 50.9 Å². The third-order valence-electron chi connectivity index (χ3n) is 9.58. The Morgan fingerprint density at radius 1 is 0.485 bits per heavy atom. The Morgan fingerprint density at radius 2 is 0.838 bits per heavy atom. The van der Waals surface area contributed by atoms with Crippen molar-refractivity contribution in [2.75, 3.05) is 63.0 Å². The first kappa shape index (κ1) is 53.9. The number of amides is 8. The molecule has 0 fully saturated rings. The van der Waals surface area contributed by atoms with E-state index >= 15 is 0 Å². The lowest BCUT2D eigenvalue weighted by Crippen LogP contribution is -2.54. The van der Waals surface area contributed by atoms with Crippen molar-refractivity contribution in [3.8, 4) is 11.5 Å². The number of ketones is 2. The zero-order chi connectivity index (χ0) is 50.8. The molecule has 0 saturated heterocycles. The number of fused-ring (bicyclic) bond motifs is 2. The molecule has 18 N–H and O–H groups in total. The third-order valence-corrected chi connectivity index (χ3v) is 9.58. The average molecular weight is 957 g/mol. The van der Waals surface area contributed by atoms with E-state index in [9.17, 15) is 78.0 Å². The molecule has 0 heterocycles. The van der Waals surface area contributed by atoms with Gasteiger partial charge in [0.05, 0.1) is 61.3 Å². The molecule has 2 aromatic rings. The molecule has 2 aromatic carbocycles. The number of carboxylic acid groups (broad SMARTS) is 2. The van der Waals surface area contributed by atoms with E-state index in [-0.39, 0.29) is 48.7 Å². The maximum absolute atomic E-state index is 14.0. The topological polar surface area (TPSA) is 458 Å². The fourth-order valence-corrected chi connectivity index (χ4v) is 6.25. The van der Waals surface area contributed by atoms with Crippen LogP contribution in [-0.4, -0.2) is 168 Å². The van der Waals surface area contributed by atoms with E-state index in [0.717, 1.165) is 12.1 Å². The quantitative estimate of drug-likeness (QED) is 0.0263. The van der Waals surface area contributed by atoms with E-state index in [2.05, 4.69) is 53.2 Å². The Morgan fingerprint density at radius 3 is 1.16 bits per heavy atom. The Balaban J connectivity index is 1.68. The zero-order valence-corrected chi connectivity index (χ0v) is 36.5. The van der Waals surface area contributed by atoms with Gasteiger partial charge in [-0.1, -0.05) is 0 Å². The van der Waals surface area contributed by atoms with Crippen LogP contribution < -0.4 is 64.6 Å². The van der Waals surface area contributed by atoms with Crippen LogP contribution in [0.2, 0.25) is 0 Å². The van der Waals surface area contributed by atoms with Gasteiger partial charge in [0.2, 0.25) is 58.8 Å². The van der Waals surface area contributed by atoms with Crippen LogP contribution in [0.1, 0.15) is 58.5 Å². The molecule has 1 aliphatic carbocycles. The van der Waals surface area contributed by atoms with Crippen molar-refractivity contribution in [3.05, 3.63) is 46.5 Å². The molecule has 4 atom stereocenters. The molecule has 28 nitrogen and oxygen atoms in total. The summed E-state index contributed by atoms with van der Waals surface area (Å²) in [5.41, 5.74) is 8.99. The SMILES string of the molecule is C[C@H](NC(=O)[C@H](CC(=O)O)NC(=O)CNC(=O)CN)C(=O)NCCNc1ccc(NCCNC(=O)[C@H](C)NC(=O)[C@H](CC(=O)O)NC(=O)CNC(=O)CN)c2c1C(=O)c1c(O)ccc(O)c1C2=O. The highest BCUT2D eigenvalue weighted by Gasteiger charge is 2.38. The lowest BCUT2D eigenvalue weighted by Gasteiger charge is -2.25. The number of carbonyl (C=O) groups excluding carboxylic acids is 10. The van der Waals surface area contributed by atoms with Gasteiger partial charge >= 0.3 is 11.9 Å². The van der Waals surface area contributed by atoms with Gasteiger partial charge in [0.15, 0.2) is 0 Å². The summed E-state index contributed by atoms with van der Waals surface area (Å²) < 4.78 is 0. The third kappa shape index (κ3) is 15.4. The molecule has 28 heteroatoms. The Labute approximate surface area is 385 Å². The number of carbonyl (C=O) groups is 12. The van der Waals surface area contributed by atoms with E-state index in [1.807, 2.05) is 0 Å². The van der Waals surface area contributed by atoms with Gasteiger partial charge in [-0.05, 0) is 38.1 Å². The minimum Gasteiger partial charge on any atom is -0.507 e. The van der Waals surface area contributed by atoms with Crippen molar-refractivity contribution in [1.82, 2.24) is 42.5 Å². The number of benzene rings is 2. The fraction of sp³-hybridized carbons (Fsp3) is 0.400. The number of anilines is 2. The highest BCUT2D eigenvalue weighted by molar-refractivity contribution is 6.33. The van der Waals surface area contributed by atoms with Crippen LogP contribution in [0, 0.1) is 0 Å². The van der Waals surface area contributed by atoms with Crippen molar-refractivity contribution in [3.63, 3.8) is 0 Å². The average Bonchev–Trinajstić information content (AvgIpc) is 3.28. The molecular formula is C40H52N12O16. The van der Waals surface area contributed by atoms with Gasteiger partial charge in [-0.3, -0.25) is 57.5 Å². The number of aromatic hydroxyl groups is 2. The summed E-state index contributed by atoms with van der Waals surface area (Å²) in [4.78, 5) is 149. The van der Waals surface area contributed by atoms with E-state index in [0.29, 0.717) is 0 Å². The minimum absolute atomic E-state index is 0.0540. The predicted molar refractivity (Wildman–Crippen MR) is 234 cm³/mol. The second-order valence-electron chi connectivity index (χ2n) is 14.7. The zero-order valence-electron chi connectivity index (χ0n) is 36.5. The maximum atomic E-state index is 14.0. The fourth-order valence-electron chi connectivity index (χ4n) is 6.25. The van der Waals surface area contributed by atoms with Crippen molar-refractivity contribution in [1.29, 1.82) is 0 Å². The molecule has 0 unspecified atom stereocenters. The Hall–Kier alpha value is -8.40. The van der Waals surface area contributed by atoms with Gasteiger partial charge in [-0.15, -0.1) is 0 Å². The molecule has 0 saturated carbocycles. The highest BCUT2D eigenvalue weighted by Crippen LogP contribution is 2.42. The number of hydrogen-bond acceptors (Lipinski definition) is 18. The largest absolute Gasteiger partial charge is 0.507 e. The van der Waals surface area contributed by atoms with E-state index in [1.165, 1.54) is 26.0 Å². The Kier molecular flexibility index (Phi) is 20.1. The number of phenolic OH excluding ortho intramolecular Hbond substituents is 2. The van der Waals surface area contributed by atoms with E-state index in [4.69, 9.17) is 11.5 Å². The standard InChI is InChI=1S/C40H52N12O16/c1-17(49-39(67)21(11-29(59)60)51-27(57)15-47-25(55)13-41)37(65)45-9-7-43-19-3-4-20(32-31(19)35(63)33-23(53)5-6-24(54)34(33)36(32)64)44-8-10-46-38(66)18(2)50-40(68)22(12-30(61)62)52-28(58)16-48-26(56)14-42/h3-6,17-18,21-22,43-44,53-54H,7-16,41-42H2,1-2H3,(H,45,65)(H,46,66)(H,47,55)(H,48,56)(H,49,67)(H,50,68)(H,51,57)(H,52,58)(H,59,60)(H,61,62)/t17-,18-,21-,22-/m0/s1. The number of nitrogens with one attached hydrogen (secondary N) is 10. The van der Waals surface area contributed by atoms with Gasteiger partial charge in [0, 0.05) is 37.6 Å². The van der Waals surface area contributed by atoms with Crippen LogP contribution in [0.4, 0.5) is 11.4 Å². The van der Waals surface area contributed by atoms with E-state index in [1.54, 1.807) is 0 Å². The Bertz CT molecular complexity index is 2180. The van der Waals surface area contributed by atoms with Gasteiger partial charge in [-0.25, -0.2) is 0 Å². The lowest BCUT2D eigenvalue weighted by atomic mass is 9.81. The first-order valence-corrected chi connectivity index (χ1v) is 20.5.